The molecule has 1 aromatic heterocycles. The highest BCUT2D eigenvalue weighted by Crippen LogP contribution is 2.18. The number of hydrogen-bond acceptors (Lipinski definition) is 3. The quantitative estimate of drug-likeness (QED) is 0.824. The second kappa shape index (κ2) is 4.51. The average molecular weight is 229 g/mol. The number of rotatable bonds is 2. The maximum atomic E-state index is 11.4. The molecule has 0 fully saturated rings. The van der Waals surface area contributed by atoms with Crippen LogP contribution in [0.4, 0.5) is 0 Å². The number of aromatic amines is 1. The first-order valence-corrected chi connectivity index (χ1v) is 5.50. The summed E-state index contributed by atoms with van der Waals surface area (Å²) in [5.74, 6) is 0. The van der Waals surface area contributed by atoms with Crippen molar-refractivity contribution in [1.29, 1.82) is 0 Å². The summed E-state index contributed by atoms with van der Waals surface area (Å²) in [6, 6.07) is 9.48. The highest BCUT2D eigenvalue weighted by molar-refractivity contribution is 5.59. The van der Waals surface area contributed by atoms with Crippen molar-refractivity contribution in [3.63, 3.8) is 0 Å². The molecule has 0 amide bonds. The Hall–Kier alpha value is -1.94. The zero-order valence-electron chi connectivity index (χ0n) is 9.90. The number of nitrogens with two attached hydrogens (primary N) is 1. The summed E-state index contributed by atoms with van der Waals surface area (Å²) < 4.78 is 0. The van der Waals surface area contributed by atoms with Gasteiger partial charge in [-0.15, -0.1) is 0 Å². The summed E-state index contributed by atoms with van der Waals surface area (Å²) in [6.07, 6.45) is 0. The topological polar surface area (TPSA) is 71.8 Å². The lowest BCUT2D eigenvalue weighted by molar-refractivity contribution is 0.766. The largest absolute Gasteiger partial charge is 0.345 e. The number of hydrogen-bond donors (Lipinski definition) is 2. The molecule has 88 valence electrons. The minimum Gasteiger partial charge on any atom is -0.323 e. The van der Waals surface area contributed by atoms with Gasteiger partial charge >= 0.3 is 5.69 Å². The number of nitrogens with one attached hydrogen (secondary N) is 1. The molecule has 0 saturated heterocycles. The van der Waals surface area contributed by atoms with E-state index in [1.807, 2.05) is 44.2 Å². The third-order valence-electron chi connectivity index (χ3n) is 2.60. The van der Waals surface area contributed by atoms with E-state index in [1.54, 1.807) is 0 Å². The van der Waals surface area contributed by atoms with Gasteiger partial charge in [0.15, 0.2) is 0 Å². The Morgan fingerprint density at radius 1 is 1.29 bits per heavy atom. The zero-order valence-corrected chi connectivity index (χ0v) is 9.90. The lowest BCUT2D eigenvalue weighted by atomic mass is 10.1. The Kier molecular flexibility index (Phi) is 3.06. The maximum Gasteiger partial charge on any atom is 0.345 e. The molecular weight excluding hydrogens is 214 g/mol. The molecule has 2 rings (SSSR count). The molecule has 1 atom stereocenters. The molecule has 0 radical (unpaired) electrons. The highest BCUT2D eigenvalue weighted by atomic mass is 16.1. The van der Waals surface area contributed by atoms with Crippen molar-refractivity contribution in [1.82, 2.24) is 9.97 Å². The van der Waals surface area contributed by atoms with Crippen molar-refractivity contribution in [2.45, 2.75) is 19.9 Å². The molecule has 0 aliphatic heterocycles. The Morgan fingerprint density at radius 2 is 1.94 bits per heavy atom. The fourth-order valence-electron chi connectivity index (χ4n) is 1.59. The molecule has 1 aromatic carbocycles. The zero-order chi connectivity index (χ0) is 12.4. The number of benzene rings is 1. The van der Waals surface area contributed by atoms with E-state index in [9.17, 15) is 4.79 Å². The third-order valence-corrected chi connectivity index (χ3v) is 2.60. The van der Waals surface area contributed by atoms with Crippen molar-refractivity contribution < 1.29 is 0 Å². The van der Waals surface area contributed by atoms with E-state index < -0.39 is 0 Å². The van der Waals surface area contributed by atoms with Gasteiger partial charge in [0.05, 0.1) is 5.69 Å². The van der Waals surface area contributed by atoms with Gasteiger partial charge in [-0.1, -0.05) is 29.8 Å². The van der Waals surface area contributed by atoms with Crippen LogP contribution in [0.5, 0.6) is 0 Å². The highest BCUT2D eigenvalue weighted by Gasteiger charge is 2.06. The van der Waals surface area contributed by atoms with Crippen LogP contribution in [0, 0.1) is 6.92 Å². The van der Waals surface area contributed by atoms with Crippen LogP contribution in [0.1, 0.15) is 24.2 Å². The van der Waals surface area contributed by atoms with Crippen LogP contribution in [-0.2, 0) is 0 Å². The Bertz CT molecular complexity index is 570. The van der Waals surface area contributed by atoms with E-state index in [2.05, 4.69) is 9.97 Å². The van der Waals surface area contributed by atoms with Crippen LogP contribution in [0.25, 0.3) is 11.3 Å². The Labute approximate surface area is 99.5 Å². The van der Waals surface area contributed by atoms with E-state index in [-0.39, 0.29) is 11.7 Å². The van der Waals surface area contributed by atoms with E-state index >= 15 is 0 Å². The normalized spacial score (nSPS) is 12.4. The number of aryl methyl sites for hydroxylation is 1. The molecule has 0 bridgehead atoms. The van der Waals surface area contributed by atoms with E-state index in [0.717, 1.165) is 5.56 Å². The molecule has 0 aliphatic carbocycles. The summed E-state index contributed by atoms with van der Waals surface area (Å²) in [5.41, 5.74) is 8.83. The standard InChI is InChI=1S/C13H15N3O/c1-8-3-5-10(6-4-8)12-7-11(9(2)14)15-13(17)16-12/h3-7,9H,14H2,1-2H3,(H,15,16,17). The fraction of sp³-hybridized carbons (Fsp3) is 0.231. The first-order valence-electron chi connectivity index (χ1n) is 5.50. The van der Waals surface area contributed by atoms with Crippen LogP contribution in [0.3, 0.4) is 0 Å². The van der Waals surface area contributed by atoms with Crippen LogP contribution in [-0.4, -0.2) is 9.97 Å². The Balaban J connectivity index is 2.52. The molecule has 4 heteroatoms. The van der Waals surface area contributed by atoms with Crippen molar-refractivity contribution in [3.8, 4) is 11.3 Å². The lowest BCUT2D eigenvalue weighted by Gasteiger charge is -2.07. The summed E-state index contributed by atoms with van der Waals surface area (Å²) in [7, 11) is 0. The third kappa shape index (κ3) is 2.60. The predicted octanol–water partition coefficient (Wildman–Crippen LogP) is 1.77. The van der Waals surface area contributed by atoms with E-state index in [4.69, 9.17) is 5.73 Å². The van der Waals surface area contributed by atoms with Gasteiger partial charge in [-0.3, -0.25) is 0 Å². The molecular formula is C13H15N3O. The van der Waals surface area contributed by atoms with Crippen LogP contribution < -0.4 is 11.4 Å². The van der Waals surface area contributed by atoms with Crippen LogP contribution >= 0.6 is 0 Å². The fourth-order valence-corrected chi connectivity index (χ4v) is 1.59. The minimum atomic E-state index is -0.365. The summed E-state index contributed by atoms with van der Waals surface area (Å²) in [4.78, 5) is 18.0. The number of H-pyrrole nitrogens is 1. The van der Waals surface area contributed by atoms with Crippen molar-refractivity contribution >= 4 is 0 Å². The van der Waals surface area contributed by atoms with Crippen molar-refractivity contribution in [3.05, 3.63) is 52.1 Å². The molecule has 0 saturated carbocycles. The van der Waals surface area contributed by atoms with Gasteiger partial charge in [-0.05, 0) is 19.9 Å². The number of nitrogens with zero attached hydrogens (tertiary/aromatic N) is 1. The molecule has 2 aromatic rings. The Morgan fingerprint density at radius 3 is 2.53 bits per heavy atom. The molecule has 0 spiro atoms. The first-order chi connectivity index (χ1) is 8.06. The van der Waals surface area contributed by atoms with Gasteiger partial charge in [0.2, 0.25) is 0 Å². The lowest BCUT2D eigenvalue weighted by Crippen LogP contribution is -2.18. The molecule has 0 aliphatic rings. The van der Waals surface area contributed by atoms with Gasteiger partial charge in [0.25, 0.3) is 0 Å². The monoisotopic (exact) mass is 229 g/mol. The van der Waals surface area contributed by atoms with Crippen molar-refractivity contribution in [2.24, 2.45) is 5.73 Å². The second-order valence-electron chi connectivity index (χ2n) is 4.18. The molecule has 17 heavy (non-hydrogen) atoms. The summed E-state index contributed by atoms with van der Waals surface area (Å²) in [5, 5.41) is 0. The molecule has 1 heterocycles. The molecule has 3 N–H and O–H groups in total. The SMILES string of the molecule is Cc1ccc(-c2cc(C(C)N)[nH]c(=O)n2)cc1. The molecule has 4 nitrogen and oxygen atoms in total. The van der Waals surface area contributed by atoms with Gasteiger partial charge < -0.3 is 10.7 Å². The second-order valence-corrected chi connectivity index (χ2v) is 4.18. The predicted molar refractivity (Wildman–Crippen MR) is 67.6 cm³/mol. The smallest absolute Gasteiger partial charge is 0.323 e. The average Bonchev–Trinajstić information content (AvgIpc) is 2.29. The molecule has 1 unspecified atom stereocenters. The number of aromatic nitrogens is 2. The van der Waals surface area contributed by atoms with Gasteiger partial charge in [-0.25, -0.2) is 4.79 Å². The van der Waals surface area contributed by atoms with E-state index in [1.165, 1.54) is 5.56 Å². The van der Waals surface area contributed by atoms with E-state index in [0.29, 0.717) is 11.4 Å². The van der Waals surface area contributed by atoms with Crippen molar-refractivity contribution in [2.75, 3.05) is 0 Å². The summed E-state index contributed by atoms with van der Waals surface area (Å²) in [6.45, 7) is 3.84. The maximum absolute atomic E-state index is 11.4. The van der Waals surface area contributed by atoms with Gasteiger partial charge in [0.1, 0.15) is 0 Å². The van der Waals surface area contributed by atoms with Gasteiger partial charge in [0, 0.05) is 17.3 Å². The van der Waals surface area contributed by atoms with Crippen LogP contribution in [0.2, 0.25) is 0 Å². The minimum absolute atomic E-state index is 0.213. The van der Waals surface area contributed by atoms with Crippen LogP contribution in [0.15, 0.2) is 35.1 Å². The first kappa shape index (κ1) is 11.5. The summed E-state index contributed by atoms with van der Waals surface area (Å²) >= 11 is 0. The van der Waals surface area contributed by atoms with Gasteiger partial charge in [-0.2, -0.15) is 4.98 Å².